The standard InChI is InChI=1S/C15H13Cl2N3/c1-18-15-10-4-2-3-5-13(10)19-14(20-15)9-6-7-11(16)12(17)8-9/h2-8,14,19H,1H3,(H,18,20). The van der Waals surface area contributed by atoms with E-state index in [2.05, 4.69) is 15.6 Å². The minimum Gasteiger partial charge on any atom is -0.361 e. The van der Waals surface area contributed by atoms with Gasteiger partial charge in [-0.25, -0.2) is 0 Å². The highest BCUT2D eigenvalue weighted by molar-refractivity contribution is 6.42. The van der Waals surface area contributed by atoms with E-state index in [0.717, 1.165) is 22.6 Å². The summed E-state index contributed by atoms with van der Waals surface area (Å²) in [5.74, 6) is 0.857. The van der Waals surface area contributed by atoms with E-state index in [-0.39, 0.29) is 6.17 Å². The third kappa shape index (κ3) is 2.35. The fraction of sp³-hybridized carbons (Fsp3) is 0.133. The maximum Gasteiger partial charge on any atom is 0.131 e. The van der Waals surface area contributed by atoms with Crippen molar-refractivity contribution in [1.82, 2.24) is 5.32 Å². The first kappa shape index (κ1) is 13.3. The number of nitrogens with one attached hydrogen (secondary N) is 2. The van der Waals surface area contributed by atoms with E-state index in [1.807, 2.05) is 36.4 Å². The Bertz CT molecular complexity index is 683. The molecule has 3 nitrogen and oxygen atoms in total. The highest BCUT2D eigenvalue weighted by Gasteiger charge is 2.22. The third-order valence-corrected chi connectivity index (χ3v) is 4.00. The number of rotatable bonds is 1. The van der Waals surface area contributed by atoms with Crippen LogP contribution in [0.25, 0.3) is 0 Å². The maximum atomic E-state index is 6.09. The van der Waals surface area contributed by atoms with Gasteiger partial charge in [0.1, 0.15) is 12.0 Å². The van der Waals surface area contributed by atoms with Crippen molar-refractivity contribution in [2.75, 3.05) is 12.4 Å². The van der Waals surface area contributed by atoms with Crippen LogP contribution in [0.15, 0.2) is 47.5 Å². The van der Waals surface area contributed by atoms with E-state index >= 15 is 0 Å². The highest BCUT2D eigenvalue weighted by Crippen LogP contribution is 2.30. The van der Waals surface area contributed by atoms with E-state index in [0.29, 0.717) is 10.0 Å². The van der Waals surface area contributed by atoms with Crippen molar-refractivity contribution < 1.29 is 0 Å². The van der Waals surface area contributed by atoms with Crippen molar-refractivity contribution in [3.8, 4) is 0 Å². The molecule has 1 aliphatic rings. The lowest BCUT2D eigenvalue weighted by molar-refractivity contribution is 0.720. The first-order valence-electron chi connectivity index (χ1n) is 6.23. The molecule has 3 rings (SSSR count). The predicted molar refractivity (Wildman–Crippen MR) is 84.9 cm³/mol. The number of hydrogen-bond donors (Lipinski definition) is 2. The second-order valence-electron chi connectivity index (χ2n) is 4.51. The summed E-state index contributed by atoms with van der Waals surface area (Å²) in [5.41, 5.74) is 3.12. The summed E-state index contributed by atoms with van der Waals surface area (Å²) >= 11 is 12.0. The van der Waals surface area contributed by atoms with Crippen LogP contribution in [0.5, 0.6) is 0 Å². The van der Waals surface area contributed by atoms with Crippen LogP contribution < -0.4 is 10.6 Å². The number of anilines is 1. The van der Waals surface area contributed by atoms with Crippen LogP contribution in [-0.2, 0) is 0 Å². The molecule has 2 N–H and O–H groups in total. The van der Waals surface area contributed by atoms with Crippen LogP contribution >= 0.6 is 23.2 Å². The van der Waals surface area contributed by atoms with Gasteiger partial charge in [-0.15, -0.1) is 0 Å². The number of fused-ring (bicyclic) bond motifs is 1. The lowest BCUT2D eigenvalue weighted by atomic mass is 10.1. The molecule has 0 spiro atoms. The van der Waals surface area contributed by atoms with Gasteiger partial charge in [0, 0.05) is 18.3 Å². The number of hydrogen-bond acceptors (Lipinski definition) is 2. The van der Waals surface area contributed by atoms with Gasteiger partial charge in [0.2, 0.25) is 0 Å². The molecule has 0 aromatic heterocycles. The molecule has 1 unspecified atom stereocenters. The molecule has 0 saturated carbocycles. The molecule has 2 aromatic rings. The van der Waals surface area contributed by atoms with Crippen LogP contribution in [-0.4, -0.2) is 12.9 Å². The first-order chi connectivity index (χ1) is 9.69. The summed E-state index contributed by atoms with van der Waals surface area (Å²) in [6, 6.07) is 13.7. The number of benzene rings is 2. The Kier molecular flexibility index (Phi) is 3.55. The van der Waals surface area contributed by atoms with Crippen LogP contribution in [0, 0.1) is 0 Å². The lowest BCUT2D eigenvalue weighted by Crippen LogP contribution is -2.39. The normalized spacial score (nSPS) is 19.1. The Labute approximate surface area is 127 Å². The van der Waals surface area contributed by atoms with Crippen LogP contribution in [0.3, 0.4) is 0 Å². The van der Waals surface area contributed by atoms with Crippen LogP contribution in [0.1, 0.15) is 17.3 Å². The summed E-state index contributed by atoms with van der Waals surface area (Å²) < 4.78 is 0. The van der Waals surface area contributed by atoms with E-state index in [1.54, 1.807) is 13.1 Å². The molecule has 2 aromatic carbocycles. The van der Waals surface area contributed by atoms with Gasteiger partial charge in [0.15, 0.2) is 0 Å². The highest BCUT2D eigenvalue weighted by atomic mass is 35.5. The van der Waals surface area contributed by atoms with E-state index in [9.17, 15) is 0 Å². The smallest absolute Gasteiger partial charge is 0.131 e. The van der Waals surface area contributed by atoms with Gasteiger partial charge in [-0.05, 0) is 29.8 Å². The van der Waals surface area contributed by atoms with Gasteiger partial charge in [0.05, 0.1) is 10.0 Å². The Morgan fingerprint density at radius 2 is 1.80 bits per heavy atom. The molecule has 0 fully saturated rings. The van der Waals surface area contributed by atoms with Crippen molar-refractivity contribution in [3.63, 3.8) is 0 Å². The Balaban J connectivity index is 2.00. The van der Waals surface area contributed by atoms with Crippen molar-refractivity contribution in [1.29, 1.82) is 0 Å². The van der Waals surface area contributed by atoms with Gasteiger partial charge in [-0.2, -0.15) is 0 Å². The topological polar surface area (TPSA) is 36.4 Å². The number of aliphatic imine (C=N–C) groups is 1. The van der Waals surface area contributed by atoms with E-state index in [1.165, 1.54) is 0 Å². The molecule has 20 heavy (non-hydrogen) atoms. The SMILES string of the molecule is CN=C1NC(c2ccc(Cl)c(Cl)c2)Nc2ccccc21. The Morgan fingerprint density at radius 3 is 2.55 bits per heavy atom. The molecule has 0 radical (unpaired) electrons. The number of amidine groups is 1. The van der Waals surface area contributed by atoms with Crippen molar-refractivity contribution in [2.24, 2.45) is 4.99 Å². The van der Waals surface area contributed by atoms with Crippen molar-refractivity contribution in [3.05, 3.63) is 63.6 Å². The zero-order valence-electron chi connectivity index (χ0n) is 10.8. The number of para-hydroxylation sites is 1. The monoisotopic (exact) mass is 305 g/mol. The fourth-order valence-corrected chi connectivity index (χ4v) is 2.57. The molecular weight excluding hydrogens is 293 g/mol. The summed E-state index contributed by atoms with van der Waals surface area (Å²) in [6.45, 7) is 0. The molecule has 0 aliphatic carbocycles. The van der Waals surface area contributed by atoms with Gasteiger partial charge in [0.25, 0.3) is 0 Å². The summed E-state index contributed by atoms with van der Waals surface area (Å²) in [6.07, 6.45) is -0.0848. The summed E-state index contributed by atoms with van der Waals surface area (Å²) in [7, 11) is 1.77. The fourth-order valence-electron chi connectivity index (χ4n) is 2.27. The predicted octanol–water partition coefficient (Wildman–Crippen LogP) is 4.08. The second-order valence-corrected chi connectivity index (χ2v) is 5.33. The van der Waals surface area contributed by atoms with Gasteiger partial charge in [-0.3, -0.25) is 4.99 Å². The summed E-state index contributed by atoms with van der Waals surface area (Å²) in [5, 5.41) is 7.89. The van der Waals surface area contributed by atoms with Crippen molar-refractivity contribution >= 4 is 34.7 Å². The second kappa shape index (κ2) is 5.35. The minimum absolute atomic E-state index is 0.0848. The van der Waals surface area contributed by atoms with Crippen LogP contribution in [0.2, 0.25) is 10.0 Å². The molecule has 1 atom stereocenters. The average molecular weight is 306 g/mol. The quantitative estimate of drug-likeness (QED) is 0.833. The third-order valence-electron chi connectivity index (χ3n) is 3.26. The minimum atomic E-state index is -0.0848. The van der Waals surface area contributed by atoms with Crippen molar-refractivity contribution in [2.45, 2.75) is 6.17 Å². The zero-order valence-corrected chi connectivity index (χ0v) is 12.3. The van der Waals surface area contributed by atoms with E-state index in [4.69, 9.17) is 23.2 Å². The molecule has 1 aliphatic heterocycles. The average Bonchev–Trinajstić information content (AvgIpc) is 2.49. The van der Waals surface area contributed by atoms with Gasteiger partial charge < -0.3 is 10.6 Å². The van der Waals surface area contributed by atoms with E-state index < -0.39 is 0 Å². The van der Waals surface area contributed by atoms with Gasteiger partial charge >= 0.3 is 0 Å². The Morgan fingerprint density at radius 1 is 1.00 bits per heavy atom. The summed E-state index contributed by atoms with van der Waals surface area (Å²) in [4.78, 5) is 4.31. The zero-order chi connectivity index (χ0) is 14.1. The molecule has 0 bridgehead atoms. The van der Waals surface area contributed by atoms with Gasteiger partial charge in [-0.1, -0.05) is 41.4 Å². The maximum absolute atomic E-state index is 6.09. The molecule has 1 heterocycles. The molecule has 0 saturated heterocycles. The molecule has 0 amide bonds. The largest absolute Gasteiger partial charge is 0.361 e. The molecular formula is C15H13Cl2N3. The Hall–Kier alpha value is -1.71. The molecule has 5 heteroatoms. The number of halogens is 2. The number of nitrogens with zero attached hydrogens (tertiary/aromatic N) is 1. The lowest BCUT2D eigenvalue weighted by Gasteiger charge is -2.30. The van der Waals surface area contributed by atoms with Crippen LogP contribution in [0.4, 0.5) is 5.69 Å². The first-order valence-corrected chi connectivity index (χ1v) is 6.99. The molecule has 102 valence electrons.